The van der Waals surface area contributed by atoms with Gasteiger partial charge >= 0.3 is 0 Å². The van der Waals surface area contributed by atoms with E-state index in [4.69, 9.17) is 24.3 Å². The first-order valence-corrected chi connectivity index (χ1v) is 22.7. The zero-order valence-corrected chi connectivity index (χ0v) is 22.4. The molecule has 9 heteroatoms. The Bertz CT molecular complexity index is 351. The Hall–Kier alpha value is 1.25. The van der Waals surface area contributed by atoms with E-state index < -0.39 is 43.8 Å². The van der Waals surface area contributed by atoms with E-state index in [1.54, 1.807) is 0 Å². The van der Waals surface area contributed by atoms with E-state index in [1.165, 1.54) is 36.6 Å². The molecule has 0 aromatic rings. The van der Waals surface area contributed by atoms with Crippen LogP contribution in [0.5, 0.6) is 0 Å². The second kappa shape index (κ2) is 9.82. The normalized spacial score (nSPS) is 25.2. The summed E-state index contributed by atoms with van der Waals surface area (Å²) in [5, 5.41) is 0. The van der Waals surface area contributed by atoms with Crippen LogP contribution in [0.4, 0.5) is 0 Å². The number of halogens is 1. The zero-order chi connectivity index (χ0) is 17.6. The molecular weight excluding hydrogens is 392 g/mol. The van der Waals surface area contributed by atoms with Crippen LogP contribution >= 0.6 is 11.6 Å². The maximum atomic E-state index is 6.60. The largest absolute Gasteiger partial charge is 0.460 e. The zero-order valence-electron chi connectivity index (χ0n) is 16.0. The van der Waals surface area contributed by atoms with Crippen molar-refractivity contribution in [3.05, 3.63) is 0 Å². The van der Waals surface area contributed by atoms with Gasteiger partial charge in [-0.05, 0) is 69.5 Å². The summed E-state index contributed by atoms with van der Waals surface area (Å²) < 4.78 is 18.9. The van der Waals surface area contributed by atoms with Crippen LogP contribution in [0.1, 0.15) is 12.8 Å². The fourth-order valence-electron chi connectivity index (χ4n) is 2.97. The van der Waals surface area contributed by atoms with Gasteiger partial charge in [0.15, 0.2) is 34.0 Å². The van der Waals surface area contributed by atoms with Gasteiger partial charge < -0.3 is 12.7 Å². The van der Waals surface area contributed by atoms with E-state index in [1.807, 2.05) is 0 Å². The lowest BCUT2D eigenvalue weighted by Gasteiger charge is -2.34. The molecule has 0 spiro atoms. The third kappa shape index (κ3) is 9.50. The van der Waals surface area contributed by atoms with Crippen LogP contribution in [0, 0.1) is 0 Å². The second-order valence-corrected chi connectivity index (χ2v) is 27.5. The van der Waals surface area contributed by atoms with Crippen molar-refractivity contribution in [1.82, 2.24) is 0 Å². The molecular formula is C14H37ClO3Si5. The average Bonchev–Trinajstić information content (AvgIpc) is 2.45. The molecule has 1 aliphatic heterocycles. The topological polar surface area (TPSA) is 27.7 Å². The Balaban J connectivity index is 2.29. The Morgan fingerprint density at radius 1 is 1.22 bits per heavy atom. The number of rotatable bonds is 10. The maximum absolute atomic E-state index is 6.60. The molecule has 138 valence electrons. The van der Waals surface area contributed by atoms with Crippen molar-refractivity contribution in [3.8, 4) is 0 Å². The van der Waals surface area contributed by atoms with Gasteiger partial charge in [0, 0.05) is 12.1 Å². The summed E-state index contributed by atoms with van der Waals surface area (Å²) in [6.45, 7) is 15.0. The molecule has 1 saturated heterocycles. The third-order valence-corrected chi connectivity index (χ3v) is 26.3. The van der Waals surface area contributed by atoms with Gasteiger partial charge in [-0.15, -0.1) is 11.6 Å². The molecule has 0 aliphatic carbocycles. The Labute approximate surface area is 155 Å². The molecule has 0 aromatic carbocycles. The lowest BCUT2D eigenvalue weighted by molar-refractivity contribution is 0.271. The molecule has 2 atom stereocenters. The monoisotopic (exact) mass is 428 g/mol. The minimum atomic E-state index is -1.57. The summed E-state index contributed by atoms with van der Waals surface area (Å²) in [5.41, 5.74) is 1.93. The van der Waals surface area contributed by atoms with E-state index in [2.05, 4.69) is 39.3 Å². The molecule has 2 unspecified atom stereocenters. The molecule has 1 heterocycles. The molecule has 1 rings (SSSR count). The quantitative estimate of drug-likeness (QED) is 0.388. The van der Waals surface area contributed by atoms with Crippen LogP contribution in [0.25, 0.3) is 0 Å². The third-order valence-electron chi connectivity index (χ3n) is 4.67. The highest BCUT2D eigenvalue weighted by atomic mass is 35.5. The minimum Gasteiger partial charge on any atom is -0.460 e. The summed E-state index contributed by atoms with van der Waals surface area (Å²) in [4.78, 5) is 0. The maximum Gasteiger partial charge on any atom is 0.189 e. The molecule has 0 saturated carbocycles. The van der Waals surface area contributed by atoms with Crippen LogP contribution < -0.4 is 0 Å². The molecule has 1 fully saturated rings. The lowest BCUT2D eigenvalue weighted by atomic mass is 10.4. The Morgan fingerprint density at radius 2 is 1.91 bits per heavy atom. The van der Waals surface area contributed by atoms with Gasteiger partial charge in [0.05, 0.1) is 0 Å². The van der Waals surface area contributed by atoms with Gasteiger partial charge in [0.25, 0.3) is 0 Å². The van der Waals surface area contributed by atoms with Crippen molar-refractivity contribution >= 4 is 55.4 Å². The molecule has 23 heavy (non-hydrogen) atoms. The van der Waals surface area contributed by atoms with Gasteiger partial charge in [0.1, 0.15) is 9.76 Å². The van der Waals surface area contributed by atoms with E-state index in [9.17, 15) is 0 Å². The molecule has 3 nitrogen and oxygen atoms in total. The Morgan fingerprint density at radius 3 is 2.48 bits per heavy atom. The molecule has 0 aromatic heterocycles. The van der Waals surface area contributed by atoms with E-state index in [0.29, 0.717) is 5.50 Å². The smallest absolute Gasteiger partial charge is 0.189 e. The van der Waals surface area contributed by atoms with Crippen LogP contribution in [-0.4, -0.2) is 55.9 Å². The van der Waals surface area contributed by atoms with Gasteiger partial charge in [-0.2, -0.15) is 0 Å². The Kier molecular flexibility index (Phi) is 9.51. The van der Waals surface area contributed by atoms with Gasteiger partial charge in [-0.1, -0.05) is 6.42 Å². The molecule has 0 amide bonds. The van der Waals surface area contributed by atoms with Gasteiger partial charge in [0.2, 0.25) is 0 Å². The molecule has 0 bridgehead atoms. The van der Waals surface area contributed by atoms with Crippen molar-refractivity contribution in [2.24, 2.45) is 0 Å². The molecule has 0 N–H and O–H groups in total. The fraction of sp³-hybridized carbons (Fsp3) is 1.00. The summed E-state index contributed by atoms with van der Waals surface area (Å²) in [5.74, 6) is 0. The summed E-state index contributed by atoms with van der Waals surface area (Å²) in [6, 6.07) is 3.96. The summed E-state index contributed by atoms with van der Waals surface area (Å²) in [6.07, 6.45) is 2.64. The highest BCUT2D eigenvalue weighted by Gasteiger charge is 2.33. The van der Waals surface area contributed by atoms with E-state index in [0.717, 1.165) is 6.61 Å². The number of hydrogen-bond acceptors (Lipinski definition) is 3. The highest BCUT2D eigenvalue weighted by Crippen LogP contribution is 2.28. The van der Waals surface area contributed by atoms with Crippen molar-refractivity contribution in [2.45, 2.75) is 75.9 Å². The lowest BCUT2D eigenvalue weighted by Crippen LogP contribution is -2.43. The van der Waals surface area contributed by atoms with Crippen molar-refractivity contribution in [1.29, 1.82) is 0 Å². The molecule has 0 radical (unpaired) electrons. The predicted octanol–water partition coefficient (Wildman–Crippen LogP) is 3.99. The standard InChI is InChI=1S/C14H37ClO3Si5/c1-20(10-12-23(6)11-8-7-9-16-23)18-22(4,5)14-19-17-21(2,3)13-15/h20H,7-14,19H2,1-6H3. The minimum absolute atomic E-state index is 0.475. The predicted molar refractivity (Wildman–Crippen MR) is 115 cm³/mol. The SMILES string of the molecule is C[SiH](CC[Si]1(C)CCCCO1)O[Si](C)(C)C[SiH2]O[Si](C)(C)CCl. The first-order valence-electron chi connectivity index (χ1n) is 9.09. The van der Waals surface area contributed by atoms with E-state index in [-0.39, 0.29) is 0 Å². The van der Waals surface area contributed by atoms with Crippen LogP contribution in [-0.2, 0) is 12.7 Å². The van der Waals surface area contributed by atoms with E-state index >= 15 is 0 Å². The molecule has 1 aliphatic rings. The van der Waals surface area contributed by atoms with Crippen molar-refractivity contribution in [3.63, 3.8) is 0 Å². The van der Waals surface area contributed by atoms with Crippen LogP contribution in [0.15, 0.2) is 0 Å². The summed E-state index contributed by atoms with van der Waals surface area (Å²) >= 11 is 5.99. The fourth-order valence-corrected chi connectivity index (χ4v) is 22.1. The summed E-state index contributed by atoms with van der Waals surface area (Å²) in [7, 11) is -6.03. The van der Waals surface area contributed by atoms with Crippen LogP contribution in [0.2, 0.25) is 63.1 Å². The van der Waals surface area contributed by atoms with Crippen molar-refractivity contribution < 1.29 is 12.7 Å². The average molecular weight is 429 g/mol. The highest BCUT2D eigenvalue weighted by molar-refractivity contribution is 6.86. The number of alkyl halides is 1. The van der Waals surface area contributed by atoms with Gasteiger partial charge in [-0.25, -0.2) is 0 Å². The number of hydrogen-bond donors (Lipinski definition) is 0. The first-order chi connectivity index (χ1) is 10.6. The first kappa shape index (κ1) is 22.3. The van der Waals surface area contributed by atoms with Crippen LogP contribution in [0.3, 0.4) is 0 Å². The van der Waals surface area contributed by atoms with Gasteiger partial charge in [-0.3, -0.25) is 0 Å². The second-order valence-electron chi connectivity index (χ2n) is 8.47. The van der Waals surface area contributed by atoms with Crippen molar-refractivity contribution in [2.75, 3.05) is 12.1 Å².